The van der Waals surface area contributed by atoms with Gasteiger partial charge in [-0.25, -0.2) is 13.6 Å². The summed E-state index contributed by atoms with van der Waals surface area (Å²) in [6.45, 7) is 0. The first-order chi connectivity index (χ1) is 9.27. The SMILES string of the molecule is Nc1cc(Nc2ccc(I)cc2Cl)ccc1S(N)(=O)=O. The summed E-state index contributed by atoms with van der Waals surface area (Å²) in [6.07, 6.45) is 0. The van der Waals surface area contributed by atoms with Crippen molar-refractivity contribution in [1.29, 1.82) is 0 Å². The molecule has 0 aliphatic carbocycles. The molecular weight excluding hydrogens is 413 g/mol. The van der Waals surface area contributed by atoms with Gasteiger partial charge in [0.1, 0.15) is 4.90 Å². The zero-order valence-corrected chi connectivity index (χ0v) is 13.8. The van der Waals surface area contributed by atoms with E-state index in [2.05, 4.69) is 27.9 Å². The summed E-state index contributed by atoms with van der Waals surface area (Å²) in [4.78, 5) is -0.100. The fraction of sp³-hybridized carbons (Fsp3) is 0. The second kappa shape index (κ2) is 5.76. The largest absolute Gasteiger partial charge is 0.398 e. The van der Waals surface area contributed by atoms with Gasteiger partial charge in [-0.15, -0.1) is 0 Å². The van der Waals surface area contributed by atoms with Crippen molar-refractivity contribution in [1.82, 2.24) is 0 Å². The van der Waals surface area contributed by atoms with E-state index in [9.17, 15) is 8.42 Å². The summed E-state index contributed by atoms with van der Waals surface area (Å²) in [5.74, 6) is 0. The summed E-state index contributed by atoms with van der Waals surface area (Å²) < 4.78 is 23.6. The van der Waals surface area contributed by atoms with Crippen LogP contribution in [-0.4, -0.2) is 8.42 Å². The molecule has 0 aliphatic heterocycles. The van der Waals surface area contributed by atoms with Gasteiger partial charge in [0, 0.05) is 9.26 Å². The van der Waals surface area contributed by atoms with Gasteiger partial charge in [0.05, 0.1) is 16.4 Å². The molecule has 0 aliphatic rings. The van der Waals surface area contributed by atoms with E-state index in [1.807, 2.05) is 18.2 Å². The number of nitrogens with one attached hydrogen (secondary N) is 1. The van der Waals surface area contributed by atoms with Crippen molar-refractivity contribution in [3.63, 3.8) is 0 Å². The highest BCUT2D eigenvalue weighted by Crippen LogP contribution is 2.29. The predicted octanol–water partition coefficient (Wildman–Crippen LogP) is 2.92. The highest BCUT2D eigenvalue weighted by molar-refractivity contribution is 14.1. The second-order valence-electron chi connectivity index (χ2n) is 4.05. The molecule has 20 heavy (non-hydrogen) atoms. The van der Waals surface area contributed by atoms with Crippen LogP contribution in [-0.2, 0) is 10.0 Å². The average molecular weight is 424 g/mol. The molecule has 0 saturated carbocycles. The van der Waals surface area contributed by atoms with E-state index < -0.39 is 10.0 Å². The van der Waals surface area contributed by atoms with Crippen LogP contribution in [0.5, 0.6) is 0 Å². The highest BCUT2D eigenvalue weighted by atomic mass is 127. The van der Waals surface area contributed by atoms with Gasteiger partial charge in [-0.3, -0.25) is 0 Å². The molecule has 0 aromatic heterocycles. The van der Waals surface area contributed by atoms with Gasteiger partial charge in [0.2, 0.25) is 10.0 Å². The fourth-order valence-corrected chi connectivity index (χ4v) is 3.18. The first kappa shape index (κ1) is 15.4. The number of sulfonamides is 1. The van der Waals surface area contributed by atoms with Crippen LogP contribution in [0.4, 0.5) is 17.1 Å². The van der Waals surface area contributed by atoms with Gasteiger partial charge >= 0.3 is 0 Å². The lowest BCUT2D eigenvalue weighted by atomic mass is 10.2. The van der Waals surface area contributed by atoms with Crippen molar-refractivity contribution in [3.8, 4) is 0 Å². The van der Waals surface area contributed by atoms with Crippen LogP contribution >= 0.6 is 34.2 Å². The summed E-state index contributed by atoms with van der Waals surface area (Å²) in [5, 5.41) is 8.68. The van der Waals surface area contributed by atoms with Crippen LogP contribution in [0.1, 0.15) is 0 Å². The topological polar surface area (TPSA) is 98.2 Å². The maximum absolute atomic E-state index is 11.3. The second-order valence-corrected chi connectivity index (χ2v) is 7.23. The van der Waals surface area contributed by atoms with Crippen molar-refractivity contribution in [2.24, 2.45) is 5.14 Å². The zero-order chi connectivity index (χ0) is 14.9. The standard InChI is InChI=1S/C12H11ClIN3O2S/c13-9-5-7(14)1-3-11(9)17-8-2-4-12(10(15)6-8)20(16,18)19/h1-6,17H,15H2,(H2,16,18,19). The first-order valence-electron chi connectivity index (χ1n) is 5.42. The molecule has 0 unspecified atom stereocenters. The molecular formula is C12H11ClIN3O2S. The van der Waals surface area contributed by atoms with Crippen LogP contribution in [0, 0.1) is 3.57 Å². The highest BCUT2D eigenvalue weighted by Gasteiger charge is 2.12. The Morgan fingerprint density at radius 2 is 1.85 bits per heavy atom. The van der Waals surface area contributed by atoms with Crippen molar-refractivity contribution in [2.75, 3.05) is 11.1 Å². The Morgan fingerprint density at radius 1 is 1.15 bits per heavy atom. The van der Waals surface area contributed by atoms with E-state index in [4.69, 9.17) is 22.5 Å². The number of rotatable bonds is 3. The molecule has 0 fully saturated rings. The Hall–Kier alpha value is -1.03. The van der Waals surface area contributed by atoms with Crippen molar-refractivity contribution in [2.45, 2.75) is 4.90 Å². The Kier molecular flexibility index (Phi) is 4.43. The lowest BCUT2D eigenvalue weighted by Crippen LogP contribution is -2.14. The van der Waals surface area contributed by atoms with Gasteiger partial charge in [-0.2, -0.15) is 0 Å². The normalized spacial score (nSPS) is 11.3. The van der Waals surface area contributed by atoms with Gasteiger partial charge in [-0.1, -0.05) is 11.6 Å². The van der Waals surface area contributed by atoms with E-state index in [0.717, 1.165) is 3.57 Å². The van der Waals surface area contributed by atoms with Gasteiger partial charge in [0.25, 0.3) is 0 Å². The molecule has 2 rings (SSSR count). The molecule has 8 heteroatoms. The average Bonchev–Trinajstić information content (AvgIpc) is 2.31. The van der Waals surface area contributed by atoms with Gasteiger partial charge in [-0.05, 0) is 59.0 Å². The third-order valence-electron chi connectivity index (χ3n) is 2.53. The van der Waals surface area contributed by atoms with Crippen molar-refractivity contribution in [3.05, 3.63) is 45.0 Å². The number of halogens is 2. The van der Waals surface area contributed by atoms with E-state index in [1.165, 1.54) is 12.1 Å². The maximum Gasteiger partial charge on any atom is 0.240 e. The fourth-order valence-electron chi connectivity index (χ4n) is 1.63. The molecule has 0 radical (unpaired) electrons. The molecule has 0 atom stereocenters. The molecule has 5 N–H and O–H groups in total. The minimum absolute atomic E-state index is 0.0825. The molecule has 2 aromatic carbocycles. The monoisotopic (exact) mass is 423 g/mol. The smallest absolute Gasteiger partial charge is 0.240 e. The molecule has 5 nitrogen and oxygen atoms in total. The lowest BCUT2D eigenvalue weighted by molar-refractivity contribution is 0.598. The number of anilines is 3. The molecule has 0 saturated heterocycles. The molecule has 0 bridgehead atoms. The number of hydrogen-bond acceptors (Lipinski definition) is 4. The molecule has 0 spiro atoms. The quantitative estimate of drug-likeness (QED) is 0.522. The van der Waals surface area contributed by atoms with Crippen molar-refractivity contribution >= 4 is 61.3 Å². The number of primary sulfonamides is 1. The number of nitrogen functional groups attached to an aromatic ring is 1. The third-order valence-corrected chi connectivity index (χ3v) is 4.49. The Morgan fingerprint density at radius 3 is 2.40 bits per heavy atom. The Balaban J connectivity index is 2.34. The van der Waals surface area contributed by atoms with E-state index in [-0.39, 0.29) is 10.6 Å². The van der Waals surface area contributed by atoms with E-state index in [1.54, 1.807) is 6.07 Å². The third kappa shape index (κ3) is 3.54. The predicted molar refractivity (Wildman–Crippen MR) is 89.7 cm³/mol. The van der Waals surface area contributed by atoms with Crippen LogP contribution in [0.15, 0.2) is 41.3 Å². The van der Waals surface area contributed by atoms with E-state index in [0.29, 0.717) is 16.4 Å². The summed E-state index contributed by atoms with van der Waals surface area (Å²) in [6, 6.07) is 9.96. The number of hydrogen-bond donors (Lipinski definition) is 3. The van der Waals surface area contributed by atoms with Gasteiger partial charge in [0.15, 0.2) is 0 Å². The van der Waals surface area contributed by atoms with Crippen LogP contribution in [0.2, 0.25) is 5.02 Å². The Bertz CT molecular complexity index is 765. The van der Waals surface area contributed by atoms with E-state index >= 15 is 0 Å². The Labute approximate surface area is 135 Å². The molecule has 0 amide bonds. The minimum Gasteiger partial charge on any atom is -0.398 e. The number of benzene rings is 2. The minimum atomic E-state index is -3.82. The summed E-state index contributed by atoms with van der Waals surface area (Å²) in [5.41, 5.74) is 7.10. The molecule has 0 heterocycles. The first-order valence-corrected chi connectivity index (χ1v) is 8.42. The summed E-state index contributed by atoms with van der Waals surface area (Å²) in [7, 11) is -3.82. The van der Waals surface area contributed by atoms with Crippen LogP contribution < -0.4 is 16.2 Å². The summed E-state index contributed by atoms with van der Waals surface area (Å²) >= 11 is 8.27. The zero-order valence-electron chi connectivity index (χ0n) is 10.1. The molecule has 2 aromatic rings. The maximum atomic E-state index is 11.3. The van der Waals surface area contributed by atoms with Crippen molar-refractivity contribution < 1.29 is 8.42 Å². The molecule has 106 valence electrons. The lowest BCUT2D eigenvalue weighted by Gasteiger charge is -2.11. The van der Waals surface area contributed by atoms with Crippen LogP contribution in [0.25, 0.3) is 0 Å². The number of nitrogens with two attached hydrogens (primary N) is 2. The van der Waals surface area contributed by atoms with Gasteiger partial charge < -0.3 is 11.1 Å². The van der Waals surface area contributed by atoms with Crippen LogP contribution in [0.3, 0.4) is 0 Å².